The van der Waals surface area contributed by atoms with E-state index in [1.54, 1.807) is 11.3 Å². The van der Waals surface area contributed by atoms with Crippen LogP contribution in [0.15, 0.2) is 77.2 Å². The fourth-order valence-corrected chi connectivity index (χ4v) is 4.18. The minimum absolute atomic E-state index is 0.172. The molecule has 132 valence electrons. The van der Waals surface area contributed by atoms with Gasteiger partial charge in [0.25, 0.3) is 0 Å². The second-order valence-corrected chi connectivity index (χ2v) is 8.77. The third kappa shape index (κ3) is 3.32. The Morgan fingerprint density at radius 1 is 0.923 bits per heavy atom. The van der Waals surface area contributed by atoms with Crippen LogP contribution in [0.25, 0.3) is 0 Å². The van der Waals surface area contributed by atoms with Gasteiger partial charge < -0.3 is 0 Å². The summed E-state index contributed by atoms with van der Waals surface area (Å²) >= 11 is 1.81. The van der Waals surface area contributed by atoms with Crippen molar-refractivity contribution in [2.24, 2.45) is 5.10 Å². The summed E-state index contributed by atoms with van der Waals surface area (Å²) in [5.41, 5.74) is 5.05. The first kappa shape index (κ1) is 17.0. The Labute approximate surface area is 159 Å². The van der Waals surface area contributed by atoms with E-state index in [1.807, 2.05) is 0 Å². The van der Waals surface area contributed by atoms with Crippen LogP contribution >= 0.6 is 11.3 Å². The minimum Gasteiger partial charge on any atom is -0.257 e. The molecule has 2 aromatic carbocycles. The fourth-order valence-electron chi connectivity index (χ4n) is 3.37. The molecular weight excluding hydrogens is 336 g/mol. The Morgan fingerprint density at radius 2 is 1.65 bits per heavy atom. The van der Waals surface area contributed by atoms with E-state index in [4.69, 9.17) is 5.10 Å². The summed E-state index contributed by atoms with van der Waals surface area (Å²) in [6.07, 6.45) is 0.935. The summed E-state index contributed by atoms with van der Waals surface area (Å²) in [5, 5.41) is 9.34. The smallest absolute Gasteiger partial charge is 0.0923 e. The van der Waals surface area contributed by atoms with Crippen molar-refractivity contribution in [1.29, 1.82) is 0 Å². The van der Waals surface area contributed by atoms with Gasteiger partial charge in [0.15, 0.2) is 0 Å². The Morgan fingerprint density at radius 3 is 2.27 bits per heavy atom. The molecular formula is C23H24N2S. The topological polar surface area (TPSA) is 15.6 Å². The fraction of sp³-hybridized carbons (Fsp3) is 0.261. The average Bonchev–Trinajstić information content (AvgIpc) is 3.31. The maximum atomic E-state index is 5.01. The van der Waals surface area contributed by atoms with Gasteiger partial charge in [0, 0.05) is 11.3 Å². The SMILES string of the molecule is CC(C)(C)c1ccc(C2=NN(c3ccccc3)C(c3cccs3)C2)cc1. The number of hydrogen-bond acceptors (Lipinski definition) is 3. The Balaban J connectivity index is 1.69. The van der Waals surface area contributed by atoms with E-state index < -0.39 is 0 Å². The third-order valence-electron chi connectivity index (χ3n) is 4.89. The lowest BCUT2D eigenvalue weighted by atomic mass is 9.86. The number of para-hydroxylation sites is 1. The third-order valence-corrected chi connectivity index (χ3v) is 5.86. The van der Waals surface area contributed by atoms with Crippen LogP contribution in [-0.2, 0) is 5.41 Å². The molecule has 0 bridgehead atoms. The summed E-state index contributed by atoms with van der Waals surface area (Å²) in [6, 6.07) is 24.0. The van der Waals surface area contributed by atoms with Gasteiger partial charge in [-0.05, 0) is 40.1 Å². The molecule has 0 radical (unpaired) electrons. The molecule has 0 spiro atoms. The summed E-state index contributed by atoms with van der Waals surface area (Å²) in [6.45, 7) is 6.75. The van der Waals surface area contributed by atoms with E-state index in [0.29, 0.717) is 0 Å². The number of benzene rings is 2. The monoisotopic (exact) mass is 360 g/mol. The van der Waals surface area contributed by atoms with Crippen LogP contribution in [-0.4, -0.2) is 5.71 Å². The second kappa shape index (κ2) is 6.73. The number of thiophene rings is 1. The average molecular weight is 361 g/mol. The van der Waals surface area contributed by atoms with E-state index in [0.717, 1.165) is 17.8 Å². The van der Waals surface area contributed by atoms with Crippen molar-refractivity contribution < 1.29 is 0 Å². The molecule has 2 nitrogen and oxygen atoms in total. The molecule has 4 rings (SSSR count). The first-order valence-electron chi connectivity index (χ1n) is 9.08. The van der Waals surface area contributed by atoms with Crippen LogP contribution in [0.5, 0.6) is 0 Å². The van der Waals surface area contributed by atoms with Crippen LogP contribution in [0.4, 0.5) is 5.69 Å². The Kier molecular flexibility index (Phi) is 4.41. The molecule has 2 heterocycles. The standard InChI is InChI=1S/C23H24N2S/c1-23(2,3)18-13-11-17(12-14-18)20-16-21(22-10-7-15-26-22)25(24-20)19-8-5-4-6-9-19/h4-15,21H,16H2,1-3H3. The quantitative estimate of drug-likeness (QED) is 0.527. The van der Waals surface area contributed by atoms with Gasteiger partial charge in [0.05, 0.1) is 17.4 Å². The van der Waals surface area contributed by atoms with Crippen LogP contribution < -0.4 is 5.01 Å². The molecule has 0 saturated carbocycles. The maximum absolute atomic E-state index is 5.01. The van der Waals surface area contributed by atoms with Gasteiger partial charge in [0.2, 0.25) is 0 Å². The highest BCUT2D eigenvalue weighted by atomic mass is 32.1. The number of rotatable bonds is 3. The van der Waals surface area contributed by atoms with Gasteiger partial charge >= 0.3 is 0 Å². The molecule has 0 saturated heterocycles. The molecule has 1 atom stereocenters. The molecule has 1 aliphatic rings. The van der Waals surface area contributed by atoms with Crippen LogP contribution in [0.3, 0.4) is 0 Å². The molecule has 0 N–H and O–H groups in total. The van der Waals surface area contributed by atoms with Crippen molar-refractivity contribution in [3.63, 3.8) is 0 Å². The molecule has 1 aliphatic heterocycles. The second-order valence-electron chi connectivity index (χ2n) is 7.79. The normalized spacial score (nSPS) is 17.4. The van der Waals surface area contributed by atoms with Gasteiger partial charge in [-0.3, -0.25) is 5.01 Å². The van der Waals surface area contributed by atoms with Gasteiger partial charge in [-0.25, -0.2) is 0 Å². The van der Waals surface area contributed by atoms with Crippen LogP contribution in [0, 0.1) is 0 Å². The van der Waals surface area contributed by atoms with Crippen molar-refractivity contribution in [2.75, 3.05) is 5.01 Å². The zero-order valence-electron chi connectivity index (χ0n) is 15.5. The minimum atomic E-state index is 0.172. The van der Waals surface area contributed by atoms with Crippen molar-refractivity contribution in [1.82, 2.24) is 0 Å². The molecule has 0 amide bonds. The Hall–Kier alpha value is -2.39. The summed E-state index contributed by atoms with van der Waals surface area (Å²) in [5.74, 6) is 0. The van der Waals surface area contributed by atoms with Gasteiger partial charge in [0.1, 0.15) is 0 Å². The lowest BCUT2D eigenvalue weighted by molar-refractivity contribution is 0.590. The maximum Gasteiger partial charge on any atom is 0.0923 e. The number of anilines is 1. The number of hydrazone groups is 1. The first-order chi connectivity index (χ1) is 12.5. The number of nitrogens with zero attached hydrogens (tertiary/aromatic N) is 2. The summed E-state index contributed by atoms with van der Waals surface area (Å²) in [4.78, 5) is 1.36. The van der Waals surface area contributed by atoms with E-state index in [1.165, 1.54) is 16.0 Å². The molecule has 0 aliphatic carbocycles. The molecule has 26 heavy (non-hydrogen) atoms. The molecule has 3 aromatic rings. The predicted molar refractivity (Wildman–Crippen MR) is 112 cm³/mol. The zero-order chi connectivity index (χ0) is 18.1. The Bertz CT molecular complexity index is 888. The van der Waals surface area contributed by atoms with Crippen molar-refractivity contribution in [2.45, 2.75) is 38.6 Å². The number of hydrogen-bond donors (Lipinski definition) is 0. The predicted octanol–water partition coefficient (Wildman–Crippen LogP) is 6.40. The highest BCUT2D eigenvalue weighted by Crippen LogP contribution is 2.38. The van der Waals surface area contributed by atoms with Crippen LogP contribution in [0.2, 0.25) is 0 Å². The molecule has 1 unspecified atom stereocenters. The van der Waals surface area contributed by atoms with Crippen molar-refractivity contribution >= 4 is 22.7 Å². The molecule has 0 fully saturated rings. The lowest BCUT2D eigenvalue weighted by Crippen LogP contribution is -2.17. The van der Waals surface area contributed by atoms with Gasteiger partial charge in [-0.15, -0.1) is 11.3 Å². The van der Waals surface area contributed by atoms with Crippen molar-refractivity contribution in [3.8, 4) is 0 Å². The van der Waals surface area contributed by atoms with E-state index in [-0.39, 0.29) is 11.5 Å². The molecule has 3 heteroatoms. The largest absolute Gasteiger partial charge is 0.257 e. The summed E-state index contributed by atoms with van der Waals surface area (Å²) < 4.78 is 0. The highest BCUT2D eigenvalue weighted by Gasteiger charge is 2.30. The first-order valence-corrected chi connectivity index (χ1v) is 9.96. The lowest BCUT2D eigenvalue weighted by Gasteiger charge is -2.22. The molecule has 1 aromatic heterocycles. The highest BCUT2D eigenvalue weighted by molar-refractivity contribution is 7.10. The zero-order valence-corrected chi connectivity index (χ0v) is 16.3. The van der Waals surface area contributed by atoms with E-state index in [9.17, 15) is 0 Å². The van der Waals surface area contributed by atoms with Crippen molar-refractivity contribution in [3.05, 3.63) is 88.1 Å². The van der Waals surface area contributed by atoms with Crippen LogP contribution in [0.1, 0.15) is 49.2 Å². The van der Waals surface area contributed by atoms with E-state index >= 15 is 0 Å². The van der Waals surface area contributed by atoms with E-state index in [2.05, 4.69) is 97.9 Å². The summed E-state index contributed by atoms with van der Waals surface area (Å²) in [7, 11) is 0. The van der Waals surface area contributed by atoms with Gasteiger partial charge in [-0.1, -0.05) is 69.3 Å². The van der Waals surface area contributed by atoms with Gasteiger partial charge in [-0.2, -0.15) is 5.10 Å².